The van der Waals surface area contributed by atoms with Crippen LogP contribution in [0.5, 0.6) is 0 Å². The highest BCUT2D eigenvalue weighted by Crippen LogP contribution is 2.36. The molecule has 1 N–H and O–H groups in total. The van der Waals surface area contributed by atoms with Crippen molar-refractivity contribution in [3.05, 3.63) is 0 Å². The predicted molar refractivity (Wildman–Crippen MR) is 82.6 cm³/mol. The number of carbonyl (C=O) groups excluding carboxylic acids is 3. The van der Waals surface area contributed by atoms with Crippen molar-refractivity contribution >= 4 is 18.0 Å². The third-order valence-electron chi connectivity index (χ3n) is 4.41. The summed E-state index contributed by atoms with van der Waals surface area (Å²) in [7, 11) is 1.32. The first-order valence-electron chi connectivity index (χ1n) is 8.03. The van der Waals surface area contributed by atoms with E-state index in [1.807, 2.05) is 6.92 Å². The smallest absolute Gasteiger partial charge is 0.408 e. The second-order valence-electron chi connectivity index (χ2n) is 7.34. The van der Waals surface area contributed by atoms with Gasteiger partial charge in [0.25, 0.3) is 0 Å². The fraction of sp³-hybridized carbons (Fsp3) is 0.812. The Morgan fingerprint density at radius 1 is 1.26 bits per heavy atom. The third-order valence-corrected chi connectivity index (χ3v) is 4.41. The van der Waals surface area contributed by atoms with E-state index < -0.39 is 29.7 Å². The number of fused-ring (bicyclic) bond motifs is 1. The van der Waals surface area contributed by atoms with Gasteiger partial charge in [0.05, 0.1) is 7.11 Å². The van der Waals surface area contributed by atoms with Crippen molar-refractivity contribution in [2.45, 2.75) is 70.7 Å². The van der Waals surface area contributed by atoms with E-state index in [0.29, 0.717) is 12.8 Å². The summed E-state index contributed by atoms with van der Waals surface area (Å²) in [5.74, 6) is -0.430. The molecule has 7 heteroatoms. The normalized spacial score (nSPS) is 30.7. The molecule has 23 heavy (non-hydrogen) atoms. The topological polar surface area (TPSA) is 84.9 Å². The monoisotopic (exact) mass is 326 g/mol. The minimum Gasteiger partial charge on any atom is -0.467 e. The van der Waals surface area contributed by atoms with E-state index in [4.69, 9.17) is 9.47 Å². The SMILES string of the molecule is COC(=O)[C@@H]1CC[C@@H]2[C@@H](C)C[C@H](NC(=O)OC(C)(C)C)C(=O)N21. The molecule has 7 nitrogen and oxygen atoms in total. The summed E-state index contributed by atoms with van der Waals surface area (Å²) in [6.45, 7) is 7.33. The Balaban J connectivity index is 2.10. The molecule has 2 fully saturated rings. The van der Waals surface area contributed by atoms with Crippen LogP contribution in [0.2, 0.25) is 0 Å². The van der Waals surface area contributed by atoms with Crippen molar-refractivity contribution in [1.82, 2.24) is 10.2 Å². The summed E-state index contributed by atoms with van der Waals surface area (Å²) in [5, 5.41) is 2.64. The van der Waals surface area contributed by atoms with Crippen molar-refractivity contribution in [3.63, 3.8) is 0 Å². The Bertz CT molecular complexity index is 499. The largest absolute Gasteiger partial charge is 0.467 e. The van der Waals surface area contributed by atoms with E-state index in [0.717, 1.165) is 6.42 Å². The van der Waals surface area contributed by atoms with Crippen LogP contribution in [-0.4, -0.2) is 53.7 Å². The maximum absolute atomic E-state index is 12.7. The van der Waals surface area contributed by atoms with Crippen molar-refractivity contribution in [2.24, 2.45) is 5.92 Å². The number of ether oxygens (including phenoxy) is 2. The molecule has 0 saturated carbocycles. The molecule has 130 valence electrons. The lowest BCUT2D eigenvalue weighted by atomic mass is 9.88. The standard InChI is InChI=1S/C16H26N2O5/c1-9-8-10(17-15(21)23-16(2,3)4)13(19)18-11(9)6-7-12(18)14(20)22-5/h9-12H,6-8H2,1-5H3,(H,17,21)/t9-,10-,11+,12-/m0/s1. The number of nitrogens with zero attached hydrogens (tertiary/aromatic N) is 1. The highest BCUT2D eigenvalue weighted by atomic mass is 16.6. The van der Waals surface area contributed by atoms with Crippen LogP contribution in [0.4, 0.5) is 4.79 Å². The molecule has 2 amide bonds. The van der Waals surface area contributed by atoms with Crippen molar-refractivity contribution in [2.75, 3.05) is 7.11 Å². The van der Waals surface area contributed by atoms with Gasteiger partial charge in [0.1, 0.15) is 17.7 Å². The number of amides is 2. The van der Waals surface area contributed by atoms with E-state index in [2.05, 4.69) is 5.32 Å². The zero-order valence-electron chi connectivity index (χ0n) is 14.4. The van der Waals surface area contributed by atoms with Gasteiger partial charge < -0.3 is 19.7 Å². The van der Waals surface area contributed by atoms with Gasteiger partial charge >= 0.3 is 12.1 Å². The summed E-state index contributed by atoms with van der Waals surface area (Å²) < 4.78 is 10.0. The summed E-state index contributed by atoms with van der Waals surface area (Å²) in [6.07, 6.45) is 1.32. The zero-order valence-corrected chi connectivity index (χ0v) is 14.4. The Kier molecular flexibility index (Phi) is 4.87. The molecule has 0 bridgehead atoms. The second kappa shape index (κ2) is 6.37. The second-order valence-corrected chi connectivity index (χ2v) is 7.34. The highest BCUT2D eigenvalue weighted by Gasteiger charge is 2.49. The first-order chi connectivity index (χ1) is 10.6. The molecular formula is C16H26N2O5. The maximum Gasteiger partial charge on any atom is 0.408 e. The molecule has 4 atom stereocenters. The first kappa shape index (κ1) is 17.6. The lowest BCUT2D eigenvalue weighted by molar-refractivity contribution is -0.155. The molecule has 0 aromatic rings. The number of hydrogen-bond acceptors (Lipinski definition) is 5. The van der Waals surface area contributed by atoms with Crippen LogP contribution in [0, 0.1) is 5.92 Å². The first-order valence-corrected chi connectivity index (χ1v) is 8.03. The van der Waals surface area contributed by atoms with Gasteiger partial charge in [0.2, 0.25) is 5.91 Å². The molecule has 2 saturated heterocycles. The number of nitrogens with one attached hydrogen (secondary N) is 1. The number of carbonyl (C=O) groups is 3. The van der Waals surface area contributed by atoms with E-state index in [9.17, 15) is 14.4 Å². The molecule has 2 heterocycles. The number of hydrogen-bond donors (Lipinski definition) is 1. The average molecular weight is 326 g/mol. The lowest BCUT2D eigenvalue weighted by Gasteiger charge is -2.41. The summed E-state index contributed by atoms with van der Waals surface area (Å²) in [4.78, 5) is 38.2. The molecule has 0 aromatic carbocycles. The van der Waals surface area contributed by atoms with E-state index in [-0.39, 0.29) is 17.9 Å². The molecule has 0 aliphatic carbocycles. The van der Waals surface area contributed by atoms with Crippen LogP contribution < -0.4 is 5.32 Å². The molecule has 0 radical (unpaired) electrons. The Labute approximate surface area is 136 Å². The van der Waals surface area contributed by atoms with E-state index in [1.54, 1.807) is 25.7 Å². The molecule has 2 aliphatic rings. The minimum atomic E-state index is -0.665. The zero-order chi connectivity index (χ0) is 17.4. The van der Waals surface area contributed by atoms with Gasteiger partial charge in [-0.05, 0) is 46.0 Å². The van der Waals surface area contributed by atoms with Crippen LogP contribution in [0.25, 0.3) is 0 Å². The third kappa shape index (κ3) is 3.76. The number of esters is 1. The van der Waals surface area contributed by atoms with Crippen LogP contribution in [0.3, 0.4) is 0 Å². The fourth-order valence-electron chi connectivity index (χ4n) is 3.46. The Hall–Kier alpha value is -1.79. The van der Waals surface area contributed by atoms with Gasteiger partial charge in [0.15, 0.2) is 0 Å². The van der Waals surface area contributed by atoms with Crippen molar-refractivity contribution in [1.29, 1.82) is 0 Å². The van der Waals surface area contributed by atoms with Crippen LogP contribution >= 0.6 is 0 Å². The molecule has 2 rings (SSSR count). The van der Waals surface area contributed by atoms with Crippen LogP contribution in [0.15, 0.2) is 0 Å². The fourth-order valence-corrected chi connectivity index (χ4v) is 3.46. The molecular weight excluding hydrogens is 300 g/mol. The van der Waals surface area contributed by atoms with Gasteiger partial charge in [-0.1, -0.05) is 6.92 Å². The number of alkyl carbamates (subject to hydrolysis) is 1. The maximum atomic E-state index is 12.7. The Morgan fingerprint density at radius 3 is 2.48 bits per heavy atom. The molecule has 0 spiro atoms. The van der Waals surface area contributed by atoms with Crippen molar-refractivity contribution < 1.29 is 23.9 Å². The molecule has 0 unspecified atom stereocenters. The molecule has 0 aromatic heterocycles. The summed E-state index contributed by atoms with van der Waals surface area (Å²) >= 11 is 0. The van der Waals surface area contributed by atoms with E-state index >= 15 is 0 Å². The predicted octanol–water partition coefficient (Wildman–Crippen LogP) is 1.45. The summed E-state index contributed by atoms with van der Waals surface area (Å²) in [6, 6.07) is -1.19. The van der Waals surface area contributed by atoms with Crippen LogP contribution in [-0.2, 0) is 19.1 Å². The van der Waals surface area contributed by atoms with Crippen LogP contribution in [0.1, 0.15) is 47.0 Å². The highest BCUT2D eigenvalue weighted by molar-refractivity contribution is 5.91. The average Bonchev–Trinajstić information content (AvgIpc) is 2.87. The number of methoxy groups -OCH3 is 1. The number of rotatable bonds is 2. The quantitative estimate of drug-likeness (QED) is 0.776. The molecule has 2 aliphatic heterocycles. The number of piperidine rings is 1. The van der Waals surface area contributed by atoms with E-state index in [1.165, 1.54) is 7.11 Å². The van der Waals surface area contributed by atoms with Gasteiger partial charge in [-0.2, -0.15) is 0 Å². The van der Waals surface area contributed by atoms with Gasteiger partial charge in [0, 0.05) is 6.04 Å². The van der Waals surface area contributed by atoms with Gasteiger partial charge in [-0.15, -0.1) is 0 Å². The van der Waals surface area contributed by atoms with Gasteiger partial charge in [-0.25, -0.2) is 9.59 Å². The van der Waals surface area contributed by atoms with Crippen molar-refractivity contribution in [3.8, 4) is 0 Å². The minimum absolute atomic E-state index is 0.0308. The Morgan fingerprint density at radius 2 is 1.91 bits per heavy atom. The van der Waals surface area contributed by atoms with Gasteiger partial charge in [-0.3, -0.25) is 4.79 Å². The summed E-state index contributed by atoms with van der Waals surface area (Å²) in [5.41, 5.74) is -0.627. The lowest BCUT2D eigenvalue weighted by Crippen LogP contribution is -2.60.